The third-order valence-electron chi connectivity index (χ3n) is 3.66. The number of rotatable bonds is 9. The first-order valence-corrected chi connectivity index (χ1v) is 7.57. The Balaban J connectivity index is 2.42. The minimum atomic E-state index is -0.399. The molecular weight excluding hydrogens is 248 g/mol. The lowest BCUT2D eigenvalue weighted by atomic mass is 9.92. The fraction of sp³-hybridized carbons (Fsp3) is 0.588. The van der Waals surface area contributed by atoms with Crippen LogP contribution in [0.15, 0.2) is 24.3 Å². The molecule has 0 amide bonds. The summed E-state index contributed by atoms with van der Waals surface area (Å²) in [6.45, 7) is 7.70. The lowest BCUT2D eigenvalue weighted by molar-refractivity contribution is 0.277. The fourth-order valence-corrected chi connectivity index (χ4v) is 2.32. The summed E-state index contributed by atoms with van der Waals surface area (Å²) >= 11 is 0. The predicted octanol–water partition coefficient (Wildman–Crippen LogP) is 3.69. The molecule has 0 aromatic heterocycles. The van der Waals surface area contributed by atoms with Crippen LogP contribution in [0.1, 0.15) is 45.6 Å². The van der Waals surface area contributed by atoms with E-state index < -0.39 is 5.54 Å². The van der Waals surface area contributed by atoms with Gasteiger partial charge in [-0.05, 0) is 49.9 Å². The fourth-order valence-electron chi connectivity index (χ4n) is 2.32. The highest BCUT2D eigenvalue weighted by molar-refractivity contribution is 5.28. The number of nitrogens with one attached hydrogen (secondary N) is 1. The average Bonchev–Trinajstić information content (AvgIpc) is 2.50. The Hall–Kier alpha value is -1.53. The zero-order valence-electron chi connectivity index (χ0n) is 12.9. The van der Waals surface area contributed by atoms with Crippen LogP contribution >= 0.6 is 0 Å². The molecule has 0 fully saturated rings. The van der Waals surface area contributed by atoms with E-state index in [1.54, 1.807) is 0 Å². The van der Waals surface area contributed by atoms with Gasteiger partial charge >= 0.3 is 0 Å². The highest BCUT2D eigenvalue weighted by atomic mass is 16.5. The second kappa shape index (κ2) is 8.60. The summed E-state index contributed by atoms with van der Waals surface area (Å²) in [6, 6.07) is 10.6. The van der Waals surface area contributed by atoms with E-state index in [2.05, 4.69) is 37.4 Å². The van der Waals surface area contributed by atoms with Gasteiger partial charge in [-0.3, -0.25) is 5.32 Å². The summed E-state index contributed by atoms with van der Waals surface area (Å²) in [6.07, 6.45) is 3.54. The Morgan fingerprint density at radius 3 is 2.70 bits per heavy atom. The van der Waals surface area contributed by atoms with Crippen LogP contribution in [-0.2, 0) is 6.42 Å². The molecule has 1 rings (SSSR count). The van der Waals surface area contributed by atoms with E-state index in [9.17, 15) is 5.26 Å². The molecule has 0 spiro atoms. The van der Waals surface area contributed by atoms with Crippen molar-refractivity contribution in [2.75, 3.05) is 13.2 Å². The van der Waals surface area contributed by atoms with Gasteiger partial charge in [0.05, 0.1) is 12.7 Å². The number of benzene rings is 1. The highest BCUT2D eigenvalue weighted by Gasteiger charge is 2.25. The molecule has 3 heteroatoms. The van der Waals surface area contributed by atoms with Gasteiger partial charge in [-0.15, -0.1) is 0 Å². The van der Waals surface area contributed by atoms with Gasteiger partial charge < -0.3 is 4.74 Å². The van der Waals surface area contributed by atoms with Crippen molar-refractivity contribution in [3.05, 3.63) is 29.8 Å². The smallest absolute Gasteiger partial charge is 0.119 e. The first kappa shape index (κ1) is 16.5. The summed E-state index contributed by atoms with van der Waals surface area (Å²) in [5, 5.41) is 12.6. The SMILES string of the molecule is CCNC(C#N)(CC)CCCOc1cccc(CC)c1. The molecule has 0 bridgehead atoms. The Bertz CT molecular complexity index is 439. The molecule has 0 saturated heterocycles. The van der Waals surface area contributed by atoms with E-state index in [1.165, 1.54) is 5.56 Å². The Kier molecular flexibility index (Phi) is 7.11. The second-order valence-electron chi connectivity index (χ2n) is 5.03. The monoisotopic (exact) mass is 274 g/mol. The number of aryl methyl sites for hydroxylation is 1. The molecule has 1 aromatic rings. The van der Waals surface area contributed by atoms with Gasteiger partial charge in [-0.25, -0.2) is 0 Å². The summed E-state index contributed by atoms with van der Waals surface area (Å²) in [4.78, 5) is 0. The minimum Gasteiger partial charge on any atom is -0.494 e. The molecule has 1 unspecified atom stereocenters. The molecule has 20 heavy (non-hydrogen) atoms. The molecule has 3 nitrogen and oxygen atoms in total. The van der Waals surface area contributed by atoms with Gasteiger partial charge in [0.1, 0.15) is 11.3 Å². The number of nitriles is 1. The molecule has 0 radical (unpaired) electrons. The Morgan fingerprint density at radius 2 is 2.10 bits per heavy atom. The normalized spacial score (nSPS) is 13.5. The first-order valence-electron chi connectivity index (χ1n) is 7.57. The van der Waals surface area contributed by atoms with E-state index >= 15 is 0 Å². The standard InChI is InChI=1S/C17H26N2O/c1-4-15-9-7-10-16(13-15)20-12-8-11-17(5-2,14-18)19-6-3/h7,9-10,13,19H,4-6,8,11-12H2,1-3H3. The van der Waals surface area contributed by atoms with Crippen LogP contribution in [0.3, 0.4) is 0 Å². The van der Waals surface area contributed by atoms with Crippen molar-refractivity contribution in [3.8, 4) is 11.8 Å². The van der Waals surface area contributed by atoms with E-state index in [0.717, 1.165) is 38.0 Å². The highest BCUT2D eigenvalue weighted by Crippen LogP contribution is 2.18. The topological polar surface area (TPSA) is 45.0 Å². The van der Waals surface area contributed by atoms with Gasteiger partial charge in [0.2, 0.25) is 0 Å². The molecular formula is C17H26N2O. The maximum Gasteiger partial charge on any atom is 0.119 e. The lowest BCUT2D eigenvalue weighted by Gasteiger charge is -2.26. The first-order chi connectivity index (χ1) is 9.69. The molecule has 1 N–H and O–H groups in total. The number of ether oxygens (including phenoxy) is 1. The lowest BCUT2D eigenvalue weighted by Crippen LogP contribution is -2.43. The van der Waals surface area contributed by atoms with Gasteiger partial charge in [0.25, 0.3) is 0 Å². The van der Waals surface area contributed by atoms with Crippen LogP contribution < -0.4 is 10.1 Å². The molecule has 1 atom stereocenters. The second-order valence-corrected chi connectivity index (χ2v) is 5.03. The van der Waals surface area contributed by atoms with E-state index in [1.807, 2.05) is 19.1 Å². The van der Waals surface area contributed by atoms with Gasteiger partial charge in [0, 0.05) is 0 Å². The molecule has 0 aliphatic rings. The van der Waals surface area contributed by atoms with Crippen molar-refractivity contribution in [2.24, 2.45) is 0 Å². The van der Waals surface area contributed by atoms with E-state index in [0.29, 0.717) is 6.61 Å². The zero-order valence-corrected chi connectivity index (χ0v) is 12.9. The van der Waals surface area contributed by atoms with Crippen molar-refractivity contribution in [1.82, 2.24) is 5.32 Å². The molecule has 110 valence electrons. The minimum absolute atomic E-state index is 0.399. The van der Waals surface area contributed by atoms with Gasteiger partial charge in [0.15, 0.2) is 0 Å². The third-order valence-corrected chi connectivity index (χ3v) is 3.66. The van der Waals surface area contributed by atoms with Crippen LogP contribution in [0.2, 0.25) is 0 Å². The van der Waals surface area contributed by atoms with E-state index in [4.69, 9.17) is 4.74 Å². The Morgan fingerprint density at radius 1 is 1.30 bits per heavy atom. The number of nitrogens with zero attached hydrogens (tertiary/aromatic N) is 1. The van der Waals surface area contributed by atoms with Crippen molar-refractivity contribution in [1.29, 1.82) is 5.26 Å². The van der Waals surface area contributed by atoms with Crippen LogP contribution in [-0.4, -0.2) is 18.7 Å². The van der Waals surface area contributed by atoms with Gasteiger partial charge in [-0.1, -0.05) is 32.9 Å². The van der Waals surface area contributed by atoms with Crippen molar-refractivity contribution in [3.63, 3.8) is 0 Å². The summed E-state index contributed by atoms with van der Waals surface area (Å²) in [5.74, 6) is 0.923. The third kappa shape index (κ3) is 4.86. The van der Waals surface area contributed by atoms with Crippen molar-refractivity contribution >= 4 is 0 Å². The summed E-state index contributed by atoms with van der Waals surface area (Å²) < 4.78 is 5.77. The quantitative estimate of drug-likeness (QED) is 0.698. The zero-order chi connectivity index (χ0) is 14.8. The predicted molar refractivity (Wildman–Crippen MR) is 82.9 cm³/mol. The van der Waals surface area contributed by atoms with Crippen LogP contribution in [0.25, 0.3) is 0 Å². The maximum absolute atomic E-state index is 9.34. The molecule has 0 heterocycles. The van der Waals surface area contributed by atoms with Crippen LogP contribution in [0, 0.1) is 11.3 Å². The van der Waals surface area contributed by atoms with Crippen LogP contribution in [0.4, 0.5) is 0 Å². The molecule has 0 aliphatic heterocycles. The molecule has 0 aliphatic carbocycles. The number of hydrogen-bond acceptors (Lipinski definition) is 3. The Labute approximate surface area is 123 Å². The molecule has 0 saturated carbocycles. The maximum atomic E-state index is 9.34. The average molecular weight is 274 g/mol. The van der Waals surface area contributed by atoms with Crippen molar-refractivity contribution in [2.45, 2.75) is 52.0 Å². The number of hydrogen-bond donors (Lipinski definition) is 1. The van der Waals surface area contributed by atoms with Gasteiger partial charge in [-0.2, -0.15) is 5.26 Å². The van der Waals surface area contributed by atoms with E-state index in [-0.39, 0.29) is 0 Å². The largest absolute Gasteiger partial charge is 0.494 e. The summed E-state index contributed by atoms with van der Waals surface area (Å²) in [7, 11) is 0. The summed E-state index contributed by atoms with van der Waals surface area (Å²) in [5.41, 5.74) is 0.888. The molecule has 1 aromatic carbocycles. The van der Waals surface area contributed by atoms with Crippen LogP contribution in [0.5, 0.6) is 5.75 Å². The van der Waals surface area contributed by atoms with Crippen molar-refractivity contribution < 1.29 is 4.74 Å².